The number of likely N-dealkylation sites (tertiary alicyclic amines) is 1. The third kappa shape index (κ3) is 3.41. The standard InChI is InChI=1S/C17H23NO2/c1-5-15-11-14(13-9-7-6-8-10-13)12-18(15)16(19)20-17(2,3)4/h5-10,14-15H,1,11-12H2,2-4H3. The van der Waals surface area contributed by atoms with Crippen LogP contribution in [0.15, 0.2) is 43.0 Å². The molecule has 0 N–H and O–H groups in total. The Morgan fingerprint density at radius 1 is 1.35 bits per heavy atom. The summed E-state index contributed by atoms with van der Waals surface area (Å²) in [4.78, 5) is 14.1. The van der Waals surface area contributed by atoms with Gasteiger partial charge in [0.2, 0.25) is 0 Å². The Morgan fingerprint density at radius 3 is 2.55 bits per heavy atom. The largest absolute Gasteiger partial charge is 0.444 e. The van der Waals surface area contributed by atoms with E-state index in [4.69, 9.17) is 4.74 Å². The first kappa shape index (κ1) is 14.6. The van der Waals surface area contributed by atoms with Crippen LogP contribution in [0, 0.1) is 0 Å². The second-order valence-corrected chi connectivity index (χ2v) is 6.28. The van der Waals surface area contributed by atoms with E-state index in [2.05, 4.69) is 18.7 Å². The van der Waals surface area contributed by atoms with Crippen molar-refractivity contribution in [3.63, 3.8) is 0 Å². The van der Waals surface area contributed by atoms with Crippen molar-refractivity contribution in [1.82, 2.24) is 4.90 Å². The van der Waals surface area contributed by atoms with Crippen molar-refractivity contribution in [2.75, 3.05) is 6.54 Å². The van der Waals surface area contributed by atoms with Crippen LogP contribution in [0.2, 0.25) is 0 Å². The van der Waals surface area contributed by atoms with Gasteiger partial charge < -0.3 is 9.64 Å². The van der Waals surface area contributed by atoms with Crippen molar-refractivity contribution in [2.45, 2.75) is 44.8 Å². The Balaban J connectivity index is 2.11. The Kier molecular flexibility index (Phi) is 4.17. The van der Waals surface area contributed by atoms with Crippen LogP contribution in [0.5, 0.6) is 0 Å². The van der Waals surface area contributed by atoms with Crippen molar-refractivity contribution < 1.29 is 9.53 Å². The van der Waals surface area contributed by atoms with Crippen LogP contribution in [0.3, 0.4) is 0 Å². The molecule has 2 atom stereocenters. The molecule has 0 bridgehead atoms. The van der Waals surface area contributed by atoms with E-state index >= 15 is 0 Å². The van der Waals surface area contributed by atoms with Crippen molar-refractivity contribution >= 4 is 6.09 Å². The normalized spacial score (nSPS) is 22.6. The van der Waals surface area contributed by atoms with E-state index in [1.807, 2.05) is 45.0 Å². The van der Waals surface area contributed by atoms with Crippen LogP contribution in [-0.2, 0) is 4.74 Å². The monoisotopic (exact) mass is 273 g/mol. The van der Waals surface area contributed by atoms with Gasteiger partial charge in [-0.3, -0.25) is 0 Å². The van der Waals surface area contributed by atoms with Crippen LogP contribution in [0.4, 0.5) is 4.79 Å². The van der Waals surface area contributed by atoms with Gasteiger partial charge in [0.15, 0.2) is 0 Å². The molecule has 0 saturated carbocycles. The van der Waals surface area contributed by atoms with Gasteiger partial charge in [0.1, 0.15) is 5.60 Å². The molecule has 108 valence electrons. The third-order valence-electron chi connectivity index (χ3n) is 3.51. The molecule has 2 rings (SSSR count). The SMILES string of the molecule is C=CC1CC(c2ccccc2)CN1C(=O)OC(C)(C)C. The molecule has 1 aliphatic rings. The van der Waals surface area contributed by atoms with Crippen LogP contribution in [-0.4, -0.2) is 29.2 Å². The molecular formula is C17H23NO2. The van der Waals surface area contributed by atoms with Crippen LogP contribution < -0.4 is 0 Å². The number of ether oxygens (including phenoxy) is 1. The number of hydrogen-bond donors (Lipinski definition) is 0. The molecule has 1 aromatic rings. The van der Waals surface area contributed by atoms with Crippen LogP contribution in [0.1, 0.15) is 38.7 Å². The fraction of sp³-hybridized carbons (Fsp3) is 0.471. The lowest BCUT2D eigenvalue weighted by Gasteiger charge is -2.27. The summed E-state index contributed by atoms with van der Waals surface area (Å²) in [6, 6.07) is 10.4. The highest BCUT2D eigenvalue weighted by Gasteiger charge is 2.36. The van der Waals surface area contributed by atoms with Crippen molar-refractivity contribution in [3.05, 3.63) is 48.6 Å². The lowest BCUT2D eigenvalue weighted by molar-refractivity contribution is 0.0254. The molecule has 1 saturated heterocycles. The Morgan fingerprint density at radius 2 is 2.00 bits per heavy atom. The molecule has 0 radical (unpaired) electrons. The fourth-order valence-corrected chi connectivity index (χ4v) is 2.59. The molecule has 2 unspecified atom stereocenters. The van der Waals surface area contributed by atoms with E-state index in [0.29, 0.717) is 12.5 Å². The summed E-state index contributed by atoms with van der Waals surface area (Å²) >= 11 is 0. The average molecular weight is 273 g/mol. The molecular weight excluding hydrogens is 250 g/mol. The van der Waals surface area contributed by atoms with Gasteiger partial charge in [0.05, 0.1) is 6.04 Å². The first-order chi connectivity index (χ1) is 9.40. The van der Waals surface area contributed by atoms with Crippen LogP contribution >= 0.6 is 0 Å². The quantitative estimate of drug-likeness (QED) is 0.763. The number of carbonyl (C=O) groups is 1. The molecule has 0 aliphatic carbocycles. The summed E-state index contributed by atoms with van der Waals surface area (Å²) in [7, 11) is 0. The molecule has 0 aromatic heterocycles. The van der Waals surface area contributed by atoms with E-state index in [-0.39, 0.29) is 12.1 Å². The van der Waals surface area contributed by atoms with Gasteiger partial charge >= 0.3 is 6.09 Å². The van der Waals surface area contributed by atoms with Gasteiger partial charge in [-0.1, -0.05) is 36.4 Å². The second kappa shape index (κ2) is 5.70. The number of carbonyl (C=O) groups excluding carboxylic acids is 1. The predicted molar refractivity (Wildman–Crippen MR) is 80.7 cm³/mol. The molecule has 1 fully saturated rings. The van der Waals surface area contributed by atoms with Gasteiger partial charge in [-0.25, -0.2) is 4.79 Å². The Labute approximate surface area is 121 Å². The highest BCUT2D eigenvalue weighted by Crippen LogP contribution is 2.33. The summed E-state index contributed by atoms with van der Waals surface area (Å²) in [6.07, 6.45) is 2.50. The van der Waals surface area contributed by atoms with Crippen molar-refractivity contribution in [1.29, 1.82) is 0 Å². The van der Waals surface area contributed by atoms with Gasteiger partial charge in [-0.15, -0.1) is 6.58 Å². The van der Waals surface area contributed by atoms with E-state index in [1.165, 1.54) is 5.56 Å². The average Bonchev–Trinajstić information content (AvgIpc) is 2.82. The predicted octanol–water partition coefficient (Wildman–Crippen LogP) is 3.97. The summed E-state index contributed by atoms with van der Waals surface area (Å²) in [6.45, 7) is 10.2. The number of rotatable bonds is 2. The highest BCUT2D eigenvalue weighted by atomic mass is 16.6. The van der Waals surface area contributed by atoms with E-state index in [0.717, 1.165) is 6.42 Å². The Hall–Kier alpha value is -1.77. The van der Waals surface area contributed by atoms with E-state index in [1.54, 1.807) is 4.90 Å². The molecule has 0 spiro atoms. The van der Waals surface area contributed by atoms with Crippen LogP contribution in [0.25, 0.3) is 0 Å². The molecule has 1 amide bonds. The first-order valence-electron chi connectivity index (χ1n) is 7.08. The maximum absolute atomic E-state index is 12.3. The van der Waals surface area contributed by atoms with Crippen molar-refractivity contribution in [3.8, 4) is 0 Å². The molecule has 1 heterocycles. The van der Waals surface area contributed by atoms with Gasteiger partial charge in [-0.05, 0) is 32.8 Å². The summed E-state index contributed by atoms with van der Waals surface area (Å²) < 4.78 is 5.48. The maximum atomic E-state index is 12.3. The smallest absolute Gasteiger partial charge is 0.410 e. The minimum Gasteiger partial charge on any atom is -0.444 e. The van der Waals surface area contributed by atoms with Gasteiger partial charge in [-0.2, -0.15) is 0 Å². The minimum atomic E-state index is -0.465. The summed E-state index contributed by atoms with van der Waals surface area (Å²) in [5.41, 5.74) is 0.804. The zero-order chi connectivity index (χ0) is 14.8. The lowest BCUT2D eigenvalue weighted by atomic mass is 9.96. The molecule has 3 heteroatoms. The van der Waals surface area contributed by atoms with Gasteiger partial charge in [0.25, 0.3) is 0 Å². The lowest BCUT2D eigenvalue weighted by Crippen LogP contribution is -2.39. The molecule has 20 heavy (non-hydrogen) atoms. The summed E-state index contributed by atoms with van der Waals surface area (Å²) in [5.74, 6) is 0.353. The third-order valence-corrected chi connectivity index (χ3v) is 3.51. The maximum Gasteiger partial charge on any atom is 0.410 e. The van der Waals surface area contributed by atoms with E-state index < -0.39 is 5.60 Å². The summed E-state index contributed by atoms with van der Waals surface area (Å²) in [5, 5.41) is 0. The van der Waals surface area contributed by atoms with Gasteiger partial charge in [0, 0.05) is 12.5 Å². The Bertz CT molecular complexity index is 476. The number of benzene rings is 1. The van der Waals surface area contributed by atoms with Crippen molar-refractivity contribution in [2.24, 2.45) is 0 Å². The topological polar surface area (TPSA) is 29.5 Å². The number of hydrogen-bond acceptors (Lipinski definition) is 2. The zero-order valence-electron chi connectivity index (χ0n) is 12.5. The number of amides is 1. The molecule has 1 aliphatic heterocycles. The zero-order valence-corrected chi connectivity index (χ0v) is 12.5. The fourth-order valence-electron chi connectivity index (χ4n) is 2.59. The van der Waals surface area contributed by atoms with E-state index in [9.17, 15) is 4.79 Å². The molecule has 1 aromatic carbocycles. The first-order valence-corrected chi connectivity index (χ1v) is 7.08. The minimum absolute atomic E-state index is 0.0510. The number of nitrogens with zero attached hydrogens (tertiary/aromatic N) is 1. The highest BCUT2D eigenvalue weighted by molar-refractivity contribution is 5.69. The second-order valence-electron chi connectivity index (χ2n) is 6.28. The molecule has 3 nitrogen and oxygen atoms in total.